The monoisotopic (exact) mass is 263 g/mol. The Bertz CT molecular complexity index is 551. The molecule has 3 nitrogen and oxygen atoms in total. The van der Waals surface area contributed by atoms with Crippen LogP contribution in [0.15, 0.2) is 29.3 Å². The Morgan fingerprint density at radius 1 is 1.06 bits per heavy atom. The molecule has 0 bridgehead atoms. The van der Waals surface area contributed by atoms with Gasteiger partial charge in [-0.25, -0.2) is 0 Å². The molecule has 0 saturated heterocycles. The summed E-state index contributed by atoms with van der Waals surface area (Å²) in [6.45, 7) is 5.56. The van der Waals surface area contributed by atoms with E-state index in [-0.39, 0.29) is 11.8 Å². The first-order valence-electron chi connectivity index (χ1n) is 5.70. The zero-order valence-electron chi connectivity index (χ0n) is 10.6. The van der Waals surface area contributed by atoms with Gasteiger partial charge < -0.3 is 0 Å². The molecule has 0 radical (unpaired) electrons. The molecule has 1 aliphatic heterocycles. The van der Waals surface area contributed by atoms with Crippen LogP contribution in [0.25, 0.3) is 0 Å². The Hall–Kier alpha value is -1.61. The van der Waals surface area contributed by atoms with Gasteiger partial charge in [-0.05, 0) is 38.0 Å². The molecule has 1 aromatic carbocycles. The first kappa shape index (κ1) is 12.8. The Labute approximate surface area is 111 Å². The summed E-state index contributed by atoms with van der Waals surface area (Å²) in [5, 5.41) is 0.684. The van der Waals surface area contributed by atoms with Crippen molar-refractivity contribution in [3.05, 3.63) is 45.5 Å². The molecular formula is C14H14ClNO2. The zero-order valence-corrected chi connectivity index (χ0v) is 11.3. The zero-order chi connectivity index (χ0) is 13.4. The van der Waals surface area contributed by atoms with Crippen LogP contribution in [0.4, 0.5) is 0 Å². The topological polar surface area (TPSA) is 37.4 Å². The Morgan fingerprint density at radius 3 is 2.11 bits per heavy atom. The quantitative estimate of drug-likeness (QED) is 0.770. The van der Waals surface area contributed by atoms with Crippen molar-refractivity contribution in [3.8, 4) is 0 Å². The van der Waals surface area contributed by atoms with E-state index in [1.165, 1.54) is 4.90 Å². The Kier molecular flexibility index (Phi) is 3.26. The summed E-state index contributed by atoms with van der Waals surface area (Å²) in [5.74, 6) is -0.407. The van der Waals surface area contributed by atoms with E-state index in [2.05, 4.69) is 0 Å². The third kappa shape index (κ3) is 2.06. The van der Waals surface area contributed by atoms with Crippen LogP contribution in [0.5, 0.6) is 0 Å². The number of hydrogen-bond acceptors (Lipinski definition) is 2. The molecule has 0 atom stereocenters. The van der Waals surface area contributed by atoms with Gasteiger partial charge >= 0.3 is 0 Å². The van der Waals surface area contributed by atoms with Gasteiger partial charge in [0.15, 0.2) is 0 Å². The minimum absolute atomic E-state index is 0.204. The fraction of sp³-hybridized carbons (Fsp3) is 0.286. The molecule has 2 amide bonds. The molecule has 0 spiro atoms. The fourth-order valence-electron chi connectivity index (χ4n) is 1.95. The molecule has 94 valence electrons. The number of imide groups is 1. The van der Waals surface area contributed by atoms with E-state index in [1.54, 1.807) is 19.9 Å². The summed E-state index contributed by atoms with van der Waals surface area (Å²) in [6, 6.07) is 5.51. The molecule has 0 N–H and O–H groups in total. The molecule has 2 rings (SSSR count). The van der Waals surface area contributed by atoms with Gasteiger partial charge in [0, 0.05) is 16.2 Å². The van der Waals surface area contributed by atoms with E-state index < -0.39 is 0 Å². The van der Waals surface area contributed by atoms with Gasteiger partial charge in [-0.3, -0.25) is 14.5 Å². The maximum Gasteiger partial charge on any atom is 0.257 e. The molecule has 0 fully saturated rings. The number of hydrogen-bond donors (Lipinski definition) is 0. The smallest absolute Gasteiger partial charge is 0.257 e. The largest absolute Gasteiger partial charge is 0.270 e. The standard InChI is InChI=1S/C14H14ClNO2/c1-8-6-11(4-5-12(8)15)7-16-13(17)9(2)10(3)14(16)18/h4-6H,7H2,1-3H3. The van der Waals surface area contributed by atoms with E-state index >= 15 is 0 Å². The number of nitrogens with zero attached hydrogens (tertiary/aromatic N) is 1. The van der Waals surface area contributed by atoms with Crippen molar-refractivity contribution < 1.29 is 9.59 Å². The second kappa shape index (κ2) is 4.58. The number of amides is 2. The van der Waals surface area contributed by atoms with E-state index in [0.717, 1.165) is 11.1 Å². The summed E-state index contributed by atoms with van der Waals surface area (Å²) < 4.78 is 0. The van der Waals surface area contributed by atoms with E-state index in [9.17, 15) is 9.59 Å². The van der Waals surface area contributed by atoms with Gasteiger partial charge in [-0.1, -0.05) is 23.7 Å². The maximum atomic E-state index is 11.9. The predicted octanol–water partition coefficient (Wildman–Crippen LogP) is 2.85. The van der Waals surface area contributed by atoms with Gasteiger partial charge in [0.05, 0.1) is 6.54 Å². The van der Waals surface area contributed by atoms with Crippen molar-refractivity contribution in [2.24, 2.45) is 0 Å². The van der Waals surface area contributed by atoms with Gasteiger partial charge in [0.25, 0.3) is 11.8 Å². The Balaban J connectivity index is 2.24. The number of carbonyl (C=O) groups excluding carboxylic acids is 2. The van der Waals surface area contributed by atoms with Gasteiger partial charge in [-0.15, -0.1) is 0 Å². The van der Waals surface area contributed by atoms with Crippen molar-refractivity contribution >= 4 is 23.4 Å². The van der Waals surface area contributed by atoms with E-state index in [4.69, 9.17) is 11.6 Å². The van der Waals surface area contributed by atoms with Crippen molar-refractivity contribution in [2.45, 2.75) is 27.3 Å². The number of halogens is 1. The van der Waals surface area contributed by atoms with Crippen LogP contribution in [0.3, 0.4) is 0 Å². The third-order valence-electron chi connectivity index (χ3n) is 3.26. The highest BCUT2D eigenvalue weighted by molar-refractivity contribution is 6.31. The molecule has 4 heteroatoms. The predicted molar refractivity (Wildman–Crippen MR) is 70.1 cm³/mol. The molecule has 1 heterocycles. The molecule has 0 aromatic heterocycles. The van der Waals surface area contributed by atoms with Gasteiger partial charge in [0.1, 0.15) is 0 Å². The minimum Gasteiger partial charge on any atom is -0.270 e. The molecule has 1 aromatic rings. The lowest BCUT2D eigenvalue weighted by atomic mass is 10.1. The van der Waals surface area contributed by atoms with Crippen molar-refractivity contribution in [3.63, 3.8) is 0 Å². The number of aryl methyl sites for hydroxylation is 1. The molecule has 1 aliphatic rings. The molecule has 0 saturated carbocycles. The summed E-state index contributed by atoms with van der Waals surface area (Å²) in [7, 11) is 0. The van der Waals surface area contributed by atoms with Crippen LogP contribution in [0, 0.1) is 6.92 Å². The summed E-state index contributed by atoms with van der Waals surface area (Å²) in [6.07, 6.45) is 0. The summed E-state index contributed by atoms with van der Waals surface area (Å²) in [5.41, 5.74) is 2.91. The van der Waals surface area contributed by atoms with Gasteiger partial charge in [-0.2, -0.15) is 0 Å². The second-order valence-corrected chi connectivity index (χ2v) is 4.94. The third-order valence-corrected chi connectivity index (χ3v) is 3.68. The first-order chi connectivity index (χ1) is 8.41. The SMILES string of the molecule is CC1=C(C)C(=O)N(Cc2ccc(Cl)c(C)c2)C1=O. The average molecular weight is 264 g/mol. The number of rotatable bonds is 2. The molecule has 0 unspecified atom stereocenters. The molecule has 0 aliphatic carbocycles. The van der Waals surface area contributed by atoms with Crippen LogP contribution in [0.2, 0.25) is 5.02 Å². The summed E-state index contributed by atoms with van der Waals surface area (Å²) in [4.78, 5) is 25.1. The minimum atomic E-state index is -0.204. The van der Waals surface area contributed by atoms with Crippen LogP contribution in [-0.2, 0) is 16.1 Å². The Morgan fingerprint density at radius 2 is 1.61 bits per heavy atom. The van der Waals surface area contributed by atoms with Crippen molar-refractivity contribution in [2.75, 3.05) is 0 Å². The average Bonchev–Trinajstić information content (AvgIpc) is 2.52. The first-order valence-corrected chi connectivity index (χ1v) is 6.08. The fourth-order valence-corrected chi connectivity index (χ4v) is 2.07. The number of carbonyl (C=O) groups is 2. The molecular weight excluding hydrogens is 250 g/mol. The molecule has 18 heavy (non-hydrogen) atoms. The van der Waals surface area contributed by atoms with E-state index in [0.29, 0.717) is 22.7 Å². The highest BCUT2D eigenvalue weighted by atomic mass is 35.5. The maximum absolute atomic E-state index is 11.9. The second-order valence-electron chi connectivity index (χ2n) is 4.53. The normalized spacial score (nSPS) is 15.9. The summed E-state index contributed by atoms with van der Waals surface area (Å²) >= 11 is 5.95. The van der Waals surface area contributed by atoms with Crippen molar-refractivity contribution in [1.82, 2.24) is 4.90 Å². The van der Waals surface area contributed by atoms with E-state index in [1.807, 2.05) is 19.1 Å². The van der Waals surface area contributed by atoms with Crippen LogP contribution in [-0.4, -0.2) is 16.7 Å². The number of benzene rings is 1. The lowest BCUT2D eigenvalue weighted by Crippen LogP contribution is -2.30. The highest BCUT2D eigenvalue weighted by Crippen LogP contribution is 2.23. The van der Waals surface area contributed by atoms with Crippen LogP contribution in [0.1, 0.15) is 25.0 Å². The van der Waals surface area contributed by atoms with Crippen molar-refractivity contribution in [1.29, 1.82) is 0 Å². The lowest BCUT2D eigenvalue weighted by Gasteiger charge is -2.15. The highest BCUT2D eigenvalue weighted by Gasteiger charge is 2.33. The van der Waals surface area contributed by atoms with Gasteiger partial charge in [0.2, 0.25) is 0 Å². The van der Waals surface area contributed by atoms with Crippen LogP contribution >= 0.6 is 11.6 Å². The lowest BCUT2D eigenvalue weighted by molar-refractivity contribution is -0.138. The van der Waals surface area contributed by atoms with Crippen LogP contribution < -0.4 is 0 Å².